The molecular formula is C19H18N8O5S2. The van der Waals surface area contributed by atoms with Gasteiger partial charge in [0.1, 0.15) is 11.7 Å². The summed E-state index contributed by atoms with van der Waals surface area (Å²) in [6, 6.07) is 3.95. The van der Waals surface area contributed by atoms with E-state index in [-0.39, 0.29) is 23.3 Å². The summed E-state index contributed by atoms with van der Waals surface area (Å²) in [5, 5.41) is 23.0. The van der Waals surface area contributed by atoms with Crippen molar-refractivity contribution in [1.29, 1.82) is 0 Å². The number of β-lactam (4-membered cyclic amide) rings is 1. The van der Waals surface area contributed by atoms with Crippen molar-refractivity contribution in [2.75, 3.05) is 22.9 Å². The molecule has 1 unspecified atom stereocenters. The summed E-state index contributed by atoms with van der Waals surface area (Å²) >= 11 is 2.29. The third-order valence-corrected chi connectivity index (χ3v) is 7.86. The summed E-state index contributed by atoms with van der Waals surface area (Å²) in [7, 11) is 0. The molecule has 0 spiro atoms. The number of likely N-dealkylation sites (tertiary alicyclic amines) is 1. The minimum atomic E-state index is -1.21. The van der Waals surface area contributed by atoms with Crippen LogP contribution in [0.15, 0.2) is 39.2 Å². The van der Waals surface area contributed by atoms with Crippen molar-refractivity contribution in [3.05, 3.63) is 34.9 Å². The van der Waals surface area contributed by atoms with Crippen LogP contribution in [0.1, 0.15) is 6.42 Å². The molecule has 1 aromatic carbocycles. The van der Waals surface area contributed by atoms with E-state index in [1.807, 2.05) is 0 Å². The number of thioether (sulfide) groups is 1. The van der Waals surface area contributed by atoms with Crippen LogP contribution in [0.25, 0.3) is 0 Å². The standard InChI is InChI=1S/C19H18N8O5S2/c20-16(31)22-7-1-3-8(4-2-7)23-18(32)26-6-5-9-10-11(26)14(28)27(10)12(15(29)30)13(9)33-19-25-24-17(21)34-19/h1-4,9-11H,5-6H2,(H2,21,24)(H,23,32)(H,29,30)(H3,20,22,31)/t9?,10-,11+/m1/s1. The number of nitrogens with two attached hydrogens (primary N) is 2. The number of carbonyl (C=O) groups is 4. The number of nitrogens with one attached hydrogen (secondary N) is 2. The van der Waals surface area contributed by atoms with Gasteiger partial charge in [0, 0.05) is 28.7 Å². The summed E-state index contributed by atoms with van der Waals surface area (Å²) in [4.78, 5) is 52.2. The van der Waals surface area contributed by atoms with Crippen LogP contribution in [-0.4, -0.2) is 67.7 Å². The zero-order valence-corrected chi connectivity index (χ0v) is 18.9. The van der Waals surface area contributed by atoms with E-state index in [9.17, 15) is 24.3 Å². The first-order valence-electron chi connectivity index (χ1n) is 10.1. The van der Waals surface area contributed by atoms with Crippen molar-refractivity contribution in [2.24, 2.45) is 11.7 Å². The molecule has 3 aliphatic heterocycles. The number of rotatable bonds is 5. The minimum Gasteiger partial charge on any atom is -0.477 e. The number of amides is 5. The van der Waals surface area contributed by atoms with Crippen molar-refractivity contribution in [3.8, 4) is 0 Å². The molecule has 2 aromatic rings. The van der Waals surface area contributed by atoms with Crippen LogP contribution in [0.3, 0.4) is 0 Å². The van der Waals surface area contributed by atoms with Crippen molar-refractivity contribution in [3.63, 3.8) is 0 Å². The van der Waals surface area contributed by atoms with Gasteiger partial charge in [-0.05, 0) is 30.7 Å². The molecule has 4 heterocycles. The Morgan fingerprint density at radius 3 is 2.41 bits per heavy atom. The monoisotopic (exact) mass is 502 g/mol. The molecule has 0 saturated carbocycles. The van der Waals surface area contributed by atoms with Gasteiger partial charge in [-0.1, -0.05) is 23.1 Å². The van der Waals surface area contributed by atoms with Gasteiger partial charge in [-0.15, -0.1) is 10.2 Å². The van der Waals surface area contributed by atoms with E-state index in [1.54, 1.807) is 24.3 Å². The van der Waals surface area contributed by atoms with Gasteiger partial charge in [0.15, 0.2) is 4.34 Å². The maximum Gasteiger partial charge on any atom is 0.353 e. The zero-order valence-electron chi connectivity index (χ0n) is 17.3. The Hall–Kier alpha value is -3.85. The third kappa shape index (κ3) is 3.58. The van der Waals surface area contributed by atoms with E-state index in [4.69, 9.17) is 11.5 Å². The number of nitrogen functional groups attached to an aromatic ring is 1. The van der Waals surface area contributed by atoms with E-state index in [1.165, 1.54) is 9.80 Å². The number of carboxylic acids is 1. The van der Waals surface area contributed by atoms with Gasteiger partial charge < -0.3 is 32.1 Å². The van der Waals surface area contributed by atoms with Gasteiger partial charge in [0.2, 0.25) is 5.13 Å². The lowest BCUT2D eigenvalue weighted by Crippen LogP contribution is -2.74. The number of carboxylic acid groups (broad SMARTS) is 1. The highest BCUT2D eigenvalue weighted by molar-refractivity contribution is 8.04. The maximum absolute atomic E-state index is 13.0. The minimum absolute atomic E-state index is 0.0742. The summed E-state index contributed by atoms with van der Waals surface area (Å²) in [5.74, 6) is -1.87. The molecule has 5 amide bonds. The van der Waals surface area contributed by atoms with Gasteiger partial charge in [-0.3, -0.25) is 9.69 Å². The molecule has 34 heavy (non-hydrogen) atoms. The number of urea groups is 2. The molecular weight excluding hydrogens is 484 g/mol. The van der Waals surface area contributed by atoms with Crippen LogP contribution in [0.2, 0.25) is 0 Å². The normalized spacial score (nSPS) is 22.8. The number of primary amides is 1. The lowest BCUT2D eigenvalue weighted by Gasteiger charge is -2.53. The number of anilines is 3. The predicted octanol–water partition coefficient (Wildman–Crippen LogP) is 1.15. The fraction of sp³-hybridized carbons (Fsp3) is 0.263. The highest BCUT2D eigenvalue weighted by Crippen LogP contribution is 2.54. The molecule has 5 rings (SSSR count). The van der Waals surface area contributed by atoms with Crippen LogP contribution in [0, 0.1) is 5.92 Å². The van der Waals surface area contributed by atoms with E-state index < -0.39 is 36.0 Å². The molecule has 0 bridgehead atoms. The first-order valence-corrected chi connectivity index (χ1v) is 11.7. The average Bonchev–Trinajstić information content (AvgIpc) is 3.34. The molecule has 7 N–H and O–H groups in total. The van der Waals surface area contributed by atoms with E-state index in [2.05, 4.69) is 20.8 Å². The summed E-state index contributed by atoms with van der Waals surface area (Å²) < 4.78 is 0.493. The highest BCUT2D eigenvalue weighted by atomic mass is 32.2. The average molecular weight is 503 g/mol. The second-order valence-corrected chi connectivity index (χ2v) is 10.1. The number of aliphatic carboxylic acids is 1. The second kappa shape index (κ2) is 8.18. The molecule has 176 valence electrons. The quantitative estimate of drug-likeness (QED) is 0.372. The van der Waals surface area contributed by atoms with Crippen molar-refractivity contribution < 1.29 is 24.3 Å². The maximum atomic E-state index is 13.0. The number of aromatic nitrogens is 2. The predicted molar refractivity (Wildman–Crippen MR) is 123 cm³/mol. The van der Waals surface area contributed by atoms with E-state index >= 15 is 0 Å². The molecule has 13 nitrogen and oxygen atoms in total. The molecule has 15 heteroatoms. The summed E-state index contributed by atoms with van der Waals surface area (Å²) in [6.45, 7) is 0.272. The van der Waals surface area contributed by atoms with Crippen molar-refractivity contribution in [2.45, 2.75) is 22.8 Å². The largest absolute Gasteiger partial charge is 0.477 e. The van der Waals surface area contributed by atoms with Crippen LogP contribution in [0.4, 0.5) is 26.1 Å². The number of nitrogens with zero attached hydrogens (tertiary/aromatic N) is 4. The third-order valence-electron chi connectivity index (χ3n) is 5.84. The Bertz CT molecular complexity index is 1250. The van der Waals surface area contributed by atoms with Gasteiger partial charge in [-0.25, -0.2) is 14.4 Å². The zero-order chi connectivity index (χ0) is 24.1. The molecule has 0 radical (unpaired) electrons. The van der Waals surface area contributed by atoms with Gasteiger partial charge in [0.05, 0.1) is 6.04 Å². The molecule has 3 aliphatic rings. The molecule has 1 aromatic heterocycles. The molecule has 3 atom stereocenters. The highest BCUT2D eigenvalue weighted by Gasteiger charge is 2.64. The van der Waals surface area contributed by atoms with Crippen molar-refractivity contribution in [1.82, 2.24) is 20.0 Å². The smallest absolute Gasteiger partial charge is 0.353 e. The Morgan fingerprint density at radius 2 is 1.82 bits per heavy atom. The first-order chi connectivity index (χ1) is 16.2. The van der Waals surface area contributed by atoms with Crippen LogP contribution < -0.4 is 22.1 Å². The molecule has 2 fully saturated rings. The fourth-order valence-corrected chi connectivity index (χ4v) is 6.53. The lowest BCUT2D eigenvalue weighted by molar-refractivity contribution is -0.160. The van der Waals surface area contributed by atoms with Crippen LogP contribution >= 0.6 is 23.1 Å². The number of hydrogen-bond donors (Lipinski definition) is 5. The van der Waals surface area contributed by atoms with Crippen molar-refractivity contribution >= 4 is 63.5 Å². The molecule has 2 saturated heterocycles. The topological polar surface area (TPSA) is 197 Å². The number of benzene rings is 1. The Labute approximate surface area is 200 Å². The number of carbonyl (C=O) groups excluding carboxylic acids is 3. The van der Waals surface area contributed by atoms with Crippen LogP contribution in [-0.2, 0) is 9.59 Å². The van der Waals surface area contributed by atoms with E-state index in [0.717, 1.165) is 23.1 Å². The Morgan fingerprint density at radius 1 is 1.15 bits per heavy atom. The summed E-state index contributed by atoms with van der Waals surface area (Å²) in [5.41, 5.74) is 11.6. The lowest BCUT2D eigenvalue weighted by atomic mass is 9.81. The fourth-order valence-electron chi connectivity index (χ4n) is 4.53. The molecule has 0 aliphatic carbocycles. The first kappa shape index (κ1) is 22.0. The second-order valence-electron chi connectivity index (χ2n) is 7.76. The van der Waals surface area contributed by atoms with E-state index in [0.29, 0.717) is 27.0 Å². The summed E-state index contributed by atoms with van der Waals surface area (Å²) in [6.07, 6.45) is 0.479. The van der Waals surface area contributed by atoms with Gasteiger partial charge in [-0.2, -0.15) is 0 Å². The Kier molecular flexibility index (Phi) is 5.28. The SMILES string of the molecule is NC(=O)Nc1ccc(NC(=O)N2CCC3C(Sc4nnc(N)s4)=C(C(=O)O)N4C(=O)[C@@H]2[C@@H]34)cc1. The van der Waals surface area contributed by atoms with Crippen LogP contribution in [0.5, 0.6) is 0 Å². The number of hydrogen-bond acceptors (Lipinski definition) is 9. The van der Waals surface area contributed by atoms with Gasteiger partial charge in [0.25, 0.3) is 5.91 Å². The van der Waals surface area contributed by atoms with Gasteiger partial charge >= 0.3 is 18.0 Å². The Balaban J connectivity index is 1.33. The number of piperidine rings is 1.